The first-order valence-electron chi connectivity index (χ1n) is 9.47. The lowest BCUT2D eigenvalue weighted by Crippen LogP contribution is -2.43. The van der Waals surface area contributed by atoms with Gasteiger partial charge in [-0.1, -0.05) is 30.3 Å². The van der Waals surface area contributed by atoms with Crippen LogP contribution in [0.15, 0.2) is 46.0 Å². The highest BCUT2D eigenvalue weighted by Crippen LogP contribution is 2.24. The van der Waals surface area contributed by atoms with Crippen molar-refractivity contribution in [2.45, 2.75) is 6.54 Å². The molecule has 0 aliphatic rings. The standard InChI is InChI=1S/C21H18F4N4O4/c1-33-8-7-28(20(31)12-9-13(22)15(24)16(25)14(12)23)17-18(26)29(21(32)27-19(17)30)10-11-5-3-2-4-6-11/h2-6,9H,7-8,10,26H2,1H3,(H,27,30,32). The van der Waals surface area contributed by atoms with E-state index in [0.29, 0.717) is 10.5 Å². The third kappa shape index (κ3) is 4.65. The number of H-pyrrole nitrogens is 1. The van der Waals surface area contributed by atoms with Gasteiger partial charge >= 0.3 is 5.69 Å². The molecule has 0 atom stereocenters. The van der Waals surface area contributed by atoms with Gasteiger partial charge in [0.25, 0.3) is 11.5 Å². The Morgan fingerprint density at radius 1 is 1.09 bits per heavy atom. The third-order valence-corrected chi connectivity index (χ3v) is 4.76. The summed E-state index contributed by atoms with van der Waals surface area (Å²) in [6.45, 7) is -0.696. The van der Waals surface area contributed by atoms with Crippen LogP contribution in [0, 0.1) is 23.3 Å². The highest BCUT2D eigenvalue weighted by molar-refractivity contribution is 6.07. The predicted octanol–water partition coefficient (Wildman–Crippen LogP) is 2.02. The van der Waals surface area contributed by atoms with Crippen molar-refractivity contribution in [1.82, 2.24) is 9.55 Å². The van der Waals surface area contributed by atoms with Gasteiger partial charge in [-0.3, -0.25) is 24.0 Å². The summed E-state index contributed by atoms with van der Waals surface area (Å²) in [5.74, 6) is -9.90. The van der Waals surface area contributed by atoms with Gasteiger partial charge in [0.2, 0.25) is 0 Å². The summed E-state index contributed by atoms with van der Waals surface area (Å²) < 4.78 is 60.9. The van der Waals surface area contributed by atoms with Gasteiger partial charge in [-0.25, -0.2) is 22.4 Å². The van der Waals surface area contributed by atoms with Gasteiger partial charge in [0.15, 0.2) is 29.0 Å². The van der Waals surface area contributed by atoms with Gasteiger partial charge < -0.3 is 10.5 Å². The lowest BCUT2D eigenvalue weighted by molar-refractivity contribution is 0.0969. The number of nitrogen functional groups attached to an aromatic ring is 1. The topological polar surface area (TPSA) is 110 Å². The molecule has 0 fully saturated rings. The summed E-state index contributed by atoms with van der Waals surface area (Å²) in [6.07, 6.45) is 0. The maximum atomic E-state index is 14.3. The van der Waals surface area contributed by atoms with Crippen molar-refractivity contribution in [2.75, 3.05) is 30.9 Å². The van der Waals surface area contributed by atoms with Crippen molar-refractivity contribution in [3.8, 4) is 0 Å². The Hall–Kier alpha value is -3.93. The van der Waals surface area contributed by atoms with Crippen molar-refractivity contribution < 1.29 is 27.1 Å². The number of nitrogens with one attached hydrogen (secondary N) is 1. The molecule has 33 heavy (non-hydrogen) atoms. The maximum Gasteiger partial charge on any atom is 0.330 e. The van der Waals surface area contributed by atoms with Gasteiger partial charge in [-0.15, -0.1) is 0 Å². The summed E-state index contributed by atoms with van der Waals surface area (Å²) >= 11 is 0. The number of aromatic amines is 1. The second-order valence-corrected chi connectivity index (χ2v) is 6.86. The van der Waals surface area contributed by atoms with Crippen molar-refractivity contribution in [1.29, 1.82) is 0 Å². The van der Waals surface area contributed by atoms with Gasteiger partial charge in [0.05, 0.1) is 18.7 Å². The minimum Gasteiger partial charge on any atom is -0.383 e. The number of benzene rings is 2. The third-order valence-electron chi connectivity index (χ3n) is 4.76. The minimum absolute atomic E-state index is 0.0875. The summed E-state index contributed by atoms with van der Waals surface area (Å²) in [5.41, 5.74) is 2.95. The van der Waals surface area contributed by atoms with Crippen molar-refractivity contribution >= 4 is 17.4 Å². The second-order valence-electron chi connectivity index (χ2n) is 6.86. The number of methoxy groups -OCH3 is 1. The Bertz CT molecular complexity index is 1310. The molecular weight excluding hydrogens is 448 g/mol. The van der Waals surface area contributed by atoms with Crippen LogP contribution in [-0.4, -0.2) is 35.7 Å². The molecule has 0 aliphatic carbocycles. The first-order chi connectivity index (χ1) is 15.7. The molecule has 0 spiro atoms. The number of aromatic nitrogens is 2. The highest BCUT2D eigenvalue weighted by atomic mass is 19.2. The average molecular weight is 466 g/mol. The van der Waals surface area contributed by atoms with E-state index in [1.807, 2.05) is 4.98 Å². The zero-order chi connectivity index (χ0) is 24.3. The number of nitrogens with zero attached hydrogens (tertiary/aromatic N) is 2. The van der Waals surface area contributed by atoms with Crippen LogP contribution < -0.4 is 21.9 Å². The highest BCUT2D eigenvalue weighted by Gasteiger charge is 2.30. The number of nitrogens with two attached hydrogens (primary N) is 1. The van der Waals surface area contributed by atoms with Crippen LogP contribution in [0.2, 0.25) is 0 Å². The molecule has 0 bridgehead atoms. The van der Waals surface area contributed by atoms with Crippen LogP contribution in [0.4, 0.5) is 29.1 Å². The molecule has 0 saturated heterocycles. The average Bonchev–Trinajstić information content (AvgIpc) is 2.80. The van der Waals surface area contributed by atoms with E-state index < -0.39 is 64.0 Å². The smallest absolute Gasteiger partial charge is 0.330 e. The lowest BCUT2D eigenvalue weighted by Gasteiger charge is -2.24. The molecule has 2 aromatic carbocycles. The molecular formula is C21H18F4N4O4. The zero-order valence-electron chi connectivity index (χ0n) is 17.2. The van der Waals surface area contributed by atoms with E-state index in [0.717, 1.165) is 4.57 Å². The Balaban J connectivity index is 2.17. The number of hydrogen-bond acceptors (Lipinski definition) is 5. The zero-order valence-corrected chi connectivity index (χ0v) is 17.2. The molecule has 0 aliphatic heterocycles. The van der Waals surface area contributed by atoms with Crippen molar-refractivity contribution in [2.24, 2.45) is 0 Å². The fourth-order valence-corrected chi connectivity index (χ4v) is 3.13. The number of hydrogen-bond donors (Lipinski definition) is 2. The SMILES string of the molecule is COCCN(C(=O)c1cc(F)c(F)c(F)c1F)c1c(N)n(Cc2ccccc2)c(=O)[nH]c1=O. The Morgan fingerprint density at radius 3 is 2.39 bits per heavy atom. The number of halogens is 4. The van der Waals surface area contributed by atoms with Crippen LogP contribution in [-0.2, 0) is 11.3 Å². The number of anilines is 2. The second kappa shape index (κ2) is 9.69. The normalized spacial score (nSPS) is 10.9. The predicted molar refractivity (Wildman–Crippen MR) is 111 cm³/mol. The van der Waals surface area contributed by atoms with Crippen molar-refractivity contribution in [3.63, 3.8) is 0 Å². The molecule has 12 heteroatoms. The monoisotopic (exact) mass is 466 g/mol. The van der Waals surface area contributed by atoms with E-state index in [4.69, 9.17) is 10.5 Å². The van der Waals surface area contributed by atoms with E-state index in [-0.39, 0.29) is 19.2 Å². The van der Waals surface area contributed by atoms with Crippen LogP contribution in [0.5, 0.6) is 0 Å². The first kappa shape index (κ1) is 23.7. The molecule has 1 amide bonds. The molecule has 1 aromatic heterocycles. The molecule has 0 unspecified atom stereocenters. The van der Waals surface area contributed by atoms with E-state index in [9.17, 15) is 31.9 Å². The Kier molecular flexibility index (Phi) is 6.97. The molecule has 174 valence electrons. The van der Waals surface area contributed by atoms with Gasteiger partial charge in [-0.2, -0.15) is 0 Å². The summed E-state index contributed by atoms with van der Waals surface area (Å²) in [7, 11) is 1.27. The summed E-state index contributed by atoms with van der Waals surface area (Å²) in [5, 5.41) is 0. The molecule has 8 nitrogen and oxygen atoms in total. The fourth-order valence-electron chi connectivity index (χ4n) is 3.13. The van der Waals surface area contributed by atoms with Gasteiger partial charge in [-0.05, 0) is 11.6 Å². The number of carbonyl (C=O) groups is 1. The first-order valence-corrected chi connectivity index (χ1v) is 9.47. The quantitative estimate of drug-likeness (QED) is 0.315. The van der Waals surface area contributed by atoms with E-state index in [1.54, 1.807) is 30.3 Å². The number of amides is 1. The lowest BCUT2D eigenvalue weighted by atomic mass is 10.1. The largest absolute Gasteiger partial charge is 0.383 e. The minimum atomic E-state index is -2.19. The molecule has 3 rings (SSSR count). The van der Waals surface area contributed by atoms with Crippen molar-refractivity contribution in [3.05, 3.63) is 91.6 Å². The van der Waals surface area contributed by atoms with E-state index in [1.165, 1.54) is 7.11 Å². The molecule has 0 saturated carbocycles. The van der Waals surface area contributed by atoms with Crippen LogP contribution in [0.1, 0.15) is 15.9 Å². The summed E-state index contributed by atoms with van der Waals surface area (Å²) in [4.78, 5) is 40.6. The fraction of sp³-hybridized carbons (Fsp3) is 0.190. The summed E-state index contributed by atoms with van der Waals surface area (Å²) in [6, 6.07) is 8.69. The number of rotatable bonds is 7. The van der Waals surface area contributed by atoms with E-state index >= 15 is 0 Å². The Morgan fingerprint density at radius 2 is 1.76 bits per heavy atom. The van der Waals surface area contributed by atoms with Gasteiger partial charge in [0.1, 0.15) is 5.82 Å². The number of carbonyl (C=O) groups excluding carboxylic acids is 1. The van der Waals surface area contributed by atoms with Crippen LogP contribution in [0.25, 0.3) is 0 Å². The number of ether oxygens (including phenoxy) is 1. The van der Waals surface area contributed by atoms with Crippen LogP contribution >= 0.6 is 0 Å². The molecule has 0 radical (unpaired) electrons. The van der Waals surface area contributed by atoms with E-state index in [2.05, 4.69) is 0 Å². The molecule has 3 N–H and O–H groups in total. The maximum absolute atomic E-state index is 14.3. The van der Waals surface area contributed by atoms with Crippen LogP contribution in [0.3, 0.4) is 0 Å². The Labute approximate surface area is 183 Å². The molecule has 3 aromatic rings. The molecule has 1 heterocycles. The van der Waals surface area contributed by atoms with Gasteiger partial charge in [0, 0.05) is 13.7 Å².